The molecule has 0 atom stereocenters. The molecule has 0 aliphatic heterocycles. The molecule has 4 nitrogen and oxygen atoms in total. The molecule has 0 amide bonds. The number of carboxylic acid groups (broad SMARTS) is 1. The zero-order valence-electron chi connectivity index (χ0n) is 8.31. The fourth-order valence-corrected chi connectivity index (χ4v) is 1.08. The molecule has 1 aromatic carbocycles. The predicted octanol–water partition coefficient (Wildman–Crippen LogP) is -0.842. The number of hydrogen-bond donors (Lipinski definition) is 1. The average molecular weight is 210 g/mol. The van der Waals surface area contributed by atoms with E-state index >= 15 is 0 Å². The monoisotopic (exact) mass is 210 g/mol. The summed E-state index contributed by atoms with van der Waals surface area (Å²) in [5.74, 6) is -0.881. The summed E-state index contributed by atoms with van der Waals surface area (Å²) in [4.78, 5) is 10.1. The zero-order chi connectivity index (χ0) is 9.52. The smallest absolute Gasteiger partial charge is 0.327 e. The Morgan fingerprint density at radius 3 is 2.40 bits per heavy atom. The molecular formula is C10H15BO4. The van der Waals surface area contributed by atoms with Gasteiger partial charge < -0.3 is 16.1 Å². The standard InChI is InChI=1S/C10H11BO2.2H2O/c12-10(13)7-4-8-11-9-5-2-1-3-6-9;;/h1-7,11H,8H2,(H,12,13);2*1H2. The van der Waals surface area contributed by atoms with E-state index in [4.69, 9.17) is 5.11 Å². The third kappa shape index (κ3) is 7.48. The van der Waals surface area contributed by atoms with Crippen LogP contribution in [0, 0.1) is 0 Å². The fraction of sp³-hybridized carbons (Fsp3) is 0.100. The average Bonchev–Trinajstić information content (AvgIpc) is 2.14. The maximum Gasteiger partial charge on any atom is 0.327 e. The first kappa shape index (κ1) is 15.9. The summed E-state index contributed by atoms with van der Waals surface area (Å²) >= 11 is 0. The summed E-state index contributed by atoms with van der Waals surface area (Å²) in [6.07, 6.45) is 3.63. The Labute approximate surface area is 89.1 Å². The molecule has 82 valence electrons. The van der Waals surface area contributed by atoms with Gasteiger partial charge in [-0.3, -0.25) is 0 Å². The second-order valence-electron chi connectivity index (χ2n) is 2.76. The van der Waals surface area contributed by atoms with Crippen LogP contribution in [0.3, 0.4) is 0 Å². The van der Waals surface area contributed by atoms with E-state index in [0.29, 0.717) is 0 Å². The first-order valence-electron chi connectivity index (χ1n) is 4.22. The van der Waals surface area contributed by atoms with Crippen LogP contribution in [-0.4, -0.2) is 29.3 Å². The highest BCUT2D eigenvalue weighted by Crippen LogP contribution is 1.86. The van der Waals surface area contributed by atoms with Crippen molar-refractivity contribution in [2.75, 3.05) is 0 Å². The molecule has 0 saturated heterocycles. The second-order valence-corrected chi connectivity index (χ2v) is 2.76. The van der Waals surface area contributed by atoms with E-state index in [0.717, 1.165) is 13.6 Å². The normalized spacial score (nSPS) is 8.80. The Kier molecular flexibility index (Phi) is 9.51. The number of allylic oxidation sites excluding steroid dienone is 1. The molecule has 0 saturated carbocycles. The summed E-state index contributed by atoms with van der Waals surface area (Å²) in [6.45, 7) is 0. The van der Waals surface area contributed by atoms with Gasteiger partial charge in [0.1, 0.15) is 0 Å². The summed E-state index contributed by atoms with van der Waals surface area (Å²) in [5, 5.41) is 8.32. The quantitative estimate of drug-likeness (QED) is 0.517. The van der Waals surface area contributed by atoms with Gasteiger partial charge >= 0.3 is 5.97 Å². The molecule has 5 N–H and O–H groups in total. The lowest BCUT2D eigenvalue weighted by molar-refractivity contribution is -0.131. The van der Waals surface area contributed by atoms with E-state index in [-0.39, 0.29) is 11.0 Å². The van der Waals surface area contributed by atoms with Crippen LogP contribution in [0.5, 0.6) is 0 Å². The van der Waals surface area contributed by atoms with Crippen molar-refractivity contribution < 1.29 is 20.9 Å². The molecule has 0 bridgehead atoms. The van der Waals surface area contributed by atoms with Crippen molar-refractivity contribution in [2.45, 2.75) is 6.32 Å². The van der Waals surface area contributed by atoms with Gasteiger partial charge in [-0.2, -0.15) is 0 Å². The van der Waals surface area contributed by atoms with Crippen LogP contribution in [0.2, 0.25) is 6.32 Å². The van der Waals surface area contributed by atoms with Gasteiger partial charge in [0.05, 0.1) is 0 Å². The lowest BCUT2D eigenvalue weighted by Crippen LogP contribution is -2.11. The molecule has 0 aliphatic carbocycles. The number of benzene rings is 1. The number of rotatable bonds is 4. The molecule has 0 unspecified atom stereocenters. The molecular weight excluding hydrogens is 195 g/mol. The van der Waals surface area contributed by atoms with Gasteiger partial charge in [0.25, 0.3) is 0 Å². The maximum absolute atomic E-state index is 10.1. The highest BCUT2D eigenvalue weighted by Gasteiger charge is 1.91. The predicted molar refractivity (Wildman–Crippen MR) is 62.0 cm³/mol. The fourth-order valence-electron chi connectivity index (χ4n) is 1.08. The van der Waals surface area contributed by atoms with E-state index in [1.807, 2.05) is 30.3 Å². The van der Waals surface area contributed by atoms with Crippen molar-refractivity contribution in [1.82, 2.24) is 0 Å². The minimum absolute atomic E-state index is 0. The van der Waals surface area contributed by atoms with Crippen LogP contribution in [0.25, 0.3) is 0 Å². The van der Waals surface area contributed by atoms with E-state index in [1.54, 1.807) is 6.08 Å². The van der Waals surface area contributed by atoms with Gasteiger partial charge in [-0.25, -0.2) is 4.79 Å². The van der Waals surface area contributed by atoms with Gasteiger partial charge in [-0.1, -0.05) is 48.2 Å². The summed E-state index contributed by atoms with van der Waals surface area (Å²) < 4.78 is 0. The Hall–Kier alpha value is -1.59. The number of carbonyl (C=O) groups is 1. The summed E-state index contributed by atoms with van der Waals surface area (Å²) in [7, 11) is 0.893. The third-order valence-electron chi connectivity index (χ3n) is 1.70. The largest absolute Gasteiger partial charge is 0.478 e. The number of hydrogen-bond acceptors (Lipinski definition) is 1. The van der Waals surface area contributed by atoms with Crippen molar-refractivity contribution in [2.24, 2.45) is 0 Å². The highest BCUT2D eigenvalue weighted by atomic mass is 16.4. The van der Waals surface area contributed by atoms with Crippen molar-refractivity contribution >= 4 is 18.7 Å². The summed E-state index contributed by atoms with van der Waals surface area (Å²) in [5.41, 5.74) is 1.23. The third-order valence-corrected chi connectivity index (χ3v) is 1.70. The molecule has 1 rings (SSSR count). The summed E-state index contributed by atoms with van der Waals surface area (Å²) in [6, 6.07) is 10.0. The van der Waals surface area contributed by atoms with Crippen LogP contribution in [-0.2, 0) is 4.79 Å². The van der Waals surface area contributed by atoms with Crippen molar-refractivity contribution in [3.63, 3.8) is 0 Å². The Morgan fingerprint density at radius 1 is 1.27 bits per heavy atom. The first-order valence-corrected chi connectivity index (χ1v) is 4.22. The SMILES string of the molecule is O.O.O=C(O)C=CCBc1ccccc1. The first-order chi connectivity index (χ1) is 6.29. The van der Waals surface area contributed by atoms with Crippen LogP contribution in [0.4, 0.5) is 0 Å². The van der Waals surface area contributed by atoms with Gasteiger partial charge in [-0.15, -0.1) is 0 Å². The molecule has 0 spiro atoms. The number of carboxylic acids is 1. The van der Waals surface area contributed by atoms with E-state index in [2.05, 4.69) is 0 Å². The molecule has 0 fully saturated rings. The Bertz CT molecular complexity index is 298. The van der Waals surface area contributed by atoms with Crippen molar-refractivity contribution in [3.8, 4) is 0 Å². The molecule has 0 aliphatic rings. The van der Waals surface area contributed by atoms with Gasteiger partial charge in [0.2, 0.25) is 0 Å². The van der Waals surface area contributed by atoms with Crippen molar-refractivity contribution in [1.29, 1.82) is 0 Å². The second kappa shape index (κ2) is 8.99. The van der Waals surface area contributed by atoms with Gasteiger partial charge in [0.15, 0.2) is 7.28 Å². The molecule has 15 heavy (non-hydrogen) atoms. The molecule has 0 radical (unpaired) electrons. The molecule has 1 aromatic rings. The van der Waals surface area contributed by atoms with E-state index in [9.17, 15) is 4.79 Å². The van der Waals surface area contributed by atoms with Crippen LogP contribution in [0.15, 0.2) is 42.5 Å². The topological polar surface area (TPSA) is 100 Å². The lowest BCUT2D eigenvalue weighted by Gasteiger charge is -1.93. The number of aliphatic carboxylic acids is 1. The van der Waals surface area contributed by atoms with Crippen LogP contribution >= 0.6 is 0 Å². The van der Waals surface area contributed by atoms with E-state index < -0.39 is 5.97 Å². The maximum atomic E-state index is 10.1. The molecule has 0 aromatic heterocycles. The molecule has 5 heteroatoms. The zero-order valence-corrected chi connectivity index (χ0v) is 8.31. The van der Waals surface area contributed by atoms with Crippen LogP contribution < -0.4 is 5.46 Å². The Morgan fingerprint density at radius 2 is 1.87 bits per heavy atom. The minimum Gasteiger partial charge on any atom is -0.478 e. The lowest BCUT2D eigenvalue weighted by atomic mass is 9.67. The Balaban J connectivity index is 0. The van der Waals surface area contributed by atoms with Crippen molar-refractivity contribution in [3.05, 3.63) is 42.5 Å². The minimum atomic E-state index is -0.881. The van der Waals surface area contributed by atoms with Gasteiger partial charge in [0, 0.05) is 6.08 Å². The van der Waals surface area contributed by atoms with E-state index in [1.165, 1.54) is 11.5 Å². The van der Waals surface area contributed by atoms with Gasteiger partial charge in [-0.05, 0) is 0 Å². The van der Waals surface area contributed by atoms with Crippen LogP contribution in [0.1, 0.15) is 0 Å². The highest BCUT2D eigenvalue weighted by molar-refractivity contribution is 6.53. The molecule has 0 heterocycles.